The van der Waals surface area contributed by atoms with Crippen molar-refractivity contribution in [3.63, 3.8) is 0 Å². The minimum absolute atomic E-state index is 0.0611. The third kappa shape index (κ3) is 6.05. The summed E-state index contributed by atoms with van der Waals surface area (Å²) in [6, 6.07) is 16.9. The van der Waals surface area contributed by atoms with Crippen LogP contribution < -0.4 is 10.1 Å². The van der Waals surface area contributed by atoms with Gasteiger partial charge in [0.25, 0.3) is 5.91 Å². The number of likely N-dealkylation sites (tertiary alicyclic amines) is 1. The Balaban J connectivity index is 1.43. The molecule has 0 atom stereocenters. The van der Waals surface area contributed by atoms with E-state index in [2.05, 4.69) is 5.32 Å². The quantitative estimate of drug-likeness (QED) is 0.453. The van der Waals surface area contributed by atoms with E-state index in [1.807, 2.05) is 42.2 Å². The third-order valence-corrected chi connectivity index (χ3v) is 6.63. The van der Waals surface area contributed by atoms with E-state index in [1.165, 1.54) is 6.07 Å². The van der Waals surface area contributed by atoms with E-state index >= 15 is 0 Å². The summed E-state index contributed by atoms with van der Waals surface area (Å²) in [7, 11) is 1.59. The third-order valence-electron chi connectivity index (χ3n) is 6.63. The Morgan fingerprint density at radius 2 is 1.69 bits per heavy atom. The lowest BCUT2D eigenvalue weighted by Gasteiger charge is -2.33. The van der Waals surface area contributed by atoms with Crippen molar-refractivity contribution < 1.29 is 22.7 Å². The highest BCUT2D eigenvalue weighted by molar-refractivity contribution is 5.95. The van der Waals surface area contributed by atoms with E-state index in [-0.39, 0.29) is 23.9 Å². The minimum Gasteiger partial charge on any atom is -0.496 e. The lowest BCUT2D eigenvalue weighted by molar-refractivity contribution is -0.138. The van der Waals surface area contributed by atoms with Crippen molar-refractivity contribution in [2.45, 2.75) is 44.9 Å². The van der Waals surface area contributed by atoms with Crippen LogP contribution in [0.25, 0.3) is 0 Å². The zero-order valence-corrected chi connectivity index (χ0v) is 20.4. The number of aromatic nitrogens is 1. The van der Waals surface area contributed by atoms with Crippen molar-refractivity contribution in [1.82, 2.24) is 15.2 Å². The van der Waals surface area contributed by atoms with E-state index < -0.39 is 11.7 Å². The highest BCUT2D eigenvalue weighted by atomic mass is 19.4. The van der Waals surface area contributed by atoms with E-state index in [1.54, 1.807) is 25.3 Å². The molecule has 0 saturated carbocycles. The molecule has 1 aromatic heterocycles. The molecule has 4 rings (SSSR count). The molecule has 0 unspecified atom stereocenters. The van der Waals surface area contributed by atoms with Gasteiger partial charge in [-0.05, 0) is 62.7 Å². The smallest absolute Gasteiger partial charge is 0.416 e. The molecule has 1 N–H and O–H groups in total. The standard InChI is InChI=1S/C28H30F3N3O2/c1-19-11-12-23(27(35)32-17-21-7-4-6-10-25(21)36-2)26(33-19)20-13-15-34(16-14-20)18-22-8-3-5-9-24(22)28(29,30)31/h3-12,20H,13-18H2,1-2H3,(H,32,35). The van der Waals surface area contributed by atoms with E-state index in [0.717, 1.165) is 35.9 Å². The predicted molar refractivity (Wildman–Crippen MR) is 132 cm³/mol. The lowest BCUT2D eigenvalue weighted by atomic mass is 9.89. The Morgan fingerprint density at radius 3 is 2.39 bits per heavy atom. The van der Waals surface area contributed by atoms with Crippen LogP contribution in [0.1, 0.15) is 57.2 Å². The van der Waals surface area contributed by atoms with Gasteiger partial charge in [0.05, 0.1) is 23.9 Å². The molecule has 1 aliphatic rings. The maximum Gasteiger partial charge on any atom is 0.416 e. The van der Waals surface area contributed by atoms with Crippen LogP contribution >= 0.6 is 0 Å². The first-order chi connectivity index (χ1) is 17.3. The molecule has 8 heteroatoms. The van der Waals surface area contributed by atoms with Crippen molar-refractivity contribution >= 4 is 5.91 Å². The summed E-state index contributed by atoms with van der Waals surface area (Å²) < 4.78 is 45.5. The largest absolute Gasteiger partial charge is 0.496 e. The Labute approximate surface area is 209 Å². The minimum atomic E-state index is -4.37. The summed E-state index contributed by atoms with van der Waals surface area (Å²) in [6.07, 6.45) is -2.93. The molecule has 1 amide bonds. The molecule has 1 saturated heterocycles. The second-order valence-corrected chi connectivity index (χ2v) is 9.09. The Morgan fingerprint density at radius 1 is 1.03 bits per heavy atom. The molecule has 0 radical (unpaired) electrons. The second-order valence-electron chi connectivity index (χ2n) is 9.09. The molecule has 36 heavy (non-hydrogen) atoms. The van der Waals surface area contributed by atoms with Gasteiger partial charge in [-0.2, -0.15) is 13.2 Å². The first kappa shape index (κ1) is 25.7. The number of para-hydroxylation sites is 1. The molecule has 3 aromatic rings. The molecule has 1 fully saturated rings. The summed E-state index contributed by atoms with van der Waals surface area (Å²) in [4.78, 5) is 19.9. The van der Waals surface area contributed by atoms with Crippen molar-refractivity contribution in [1.29, 1.82) is 0 Å². The van der Waals surface area contributed by atoms with Gasteiger partial charge in [0, 0.05) is 30.3 Å². The van der Waals surface area contributed by atoms with E-state index in [0.29, 0.717) is 30.9 Å². The van der Waals surface area contributed by atoms with Crippen LogP contribution in [0, 0.1) is 6.92 Å². The number of halogens is 3. The van der Waals surface area contributed by atoms with Gasteiger partial charge < -0.3 is 10.1 Å². The van der Waals surface area contributed by atoms with Gasteiger partial charge in [0.1, 0.15) is 5.75 Å². The van der Waals surface area contributed by atoms with E-state index in [9.17, 15) is 18.0 Å². The van der Waals surface area contributed by atoms with Gasteiger partial charge in [-0.15, -0.1) is 0 Å². The fourth-order valence-electron chi connectivity index (χ4n) is 4.74. The first-order valence-corrected chi connectivity index (χ1v) is 12.0. The SMILES string of the molecule is COc1ccccc1CNC(=O)c1ccc(C)nc1C1CCN(Cc2ccccc2C(F)(F)F)CC1. The van der Waals surface area contributed by atoms with Crippen LogP contribution in [-0.2, 0) is 19.3 Å². The number of carbonyl (C=O) groups excluding carboxylic acids is 1. The number of methoxy groups -OCH3 is 1. The number of ether oxygens (including phenoxy) is 1. The summed E-state index contributed by atoms with van der Waals surface area (Å²) in [5.41, 5.74) is 2.70. The Bertz CT molecular complexity index is 1200. The zero-order valence-electron chi connectivity index (χ0n) is 20.4. The number of alkyl halides is 3. The Hall–Kier alpha value is -3.39. The zero-order chi connectivity index (χ0) is 25.7. The van der Waals surface area contributed by atoms with Crippen LogP contribution in [0.4, 0.5) is 13.2 Å². The number of piperidine rings is 1. The van der Waals surface area contributed by atoms with Gasteiger partial charge in [-0.25, -0.2) is 0 Å². The summed E-state index contributed by atoms with van der Waals surface area (Å²) in [5, 5.41) is 2.97. The first-order valence-electron chi connectivity index (χ1n) is 12.0. The van der Waals surface area contributed by atoms with Crippen LogP contribution in [0.15, 0.2) is 60.7 Å². The molecule has 2 heterocycles. The van der Waals surface area contributed by atoms with Crippen LogP contribution in [-0.4, -0.2) is 36.0 Å². The second kappa shape index (κ2) is 11.1. The molecule has 2 aromatic carbocycles. The molecule has 0 spiro atoms. The van der Waals surface area contributed by atoms with Gasteiger partial charge in [0.15, 0.2) is 0 Å². The summed E-state index contributed by atoms with van der Waals surface area (Å²) >= 11 is 0. The number of nitrogens with one attached hydrogen (secondary N) is 1. The highest BCUT2D eigenvalue weighted by Crippen LogP contribution is 2.34. The molecule has 190 valence electrons. The molecule has 1 aliphatic heterocycles. The topological polar surface area (TPSA) is 54.5 Å². The number of pyridine rings is 1. The van der Waals surface area contributed by atoms with Gasteiger partial charge in [-0.3, -0.25) is 14.7 Å². The number of hydrogen-bond acceptors (Lipinski definition) is 4. The fourth-order valence-corrected chi connectivity index (χ4v) is 4.74. The number of aryl methyl sites for hydroxylation is 1. The van der Waals surface area contributed by atoms with Crippen molar-refractivity contribution in [3.8, 4) is 5.75 Å². The molecule has 5 nitrogen and oxygen atoms in total. The van der Waals surface area contributed by atoms with Crippen LogP contribution in [0.3, 0.4) is 0 Å². The molecule has 0 bridgehead atoms. The summed E-state index contributed by atoms with van der Waals surface area (Å²) in [5.74, 6) is 0.565. The van der Waals surface area contributed by atoms with Gasteiger partial charge >= 0.3 is 6.18 Å². The number of carbonyl (C=O) groups is 1. The van der Waals surface area contributed by atoms with Crippen molar-refractivity contribution in [2.75, 3.05) is 20.2 Å². The van der Waals surface area contributed by atoms with Crippen LogP contribution in [0.2, 0.25) is 0 Å². The average molecular weight is 498 g/mol. The number of hydrogen-bond donors (Lipinski definition) is 1. The molecule has 0 aliphatic carbocycles. The number of amides is 1. The lowest BCUT2D eigenvalue weighted by Crippen LogP contribution is -2.34. The maximum atomic E-state index is 13.4. The molecular weight excluding hydrogens is 467 g/mol. The average Bonchev–Trinajstić information content (AvgIpc) is 2.87. The van der Waals surface area contributed by atoms with E-state index in [4.69, 9.17) is 9.72 Å². The van der Waals surface area contributed by atoms with Gasteiger partial charge in [0.2, 0.25) is 0 Å². The predicted octanol–water partition coefficient (Wildman–Crippen LogP) is 5.73. The van der Waals surface area contributed by atoms with Crippen molar-refractivity contribution in [2.24, 2.45) is 0 Å². The normalized spacial score (nSPS) is 15.0. The van der Waals surface area contributed by atoms with Crippen molar-refractivity contribution in [3.05, 3.63) is 94.3 Å². The maximum absolute atomic E-state index is 13.4. The number of benzene rings is 2. The van der Waals surface area contributed by atoms with Crippen LogP contribution in [0.5, 0.6) is 5.75 Å². The molecular formula is C28H30F3N3O2. The fraction of sp³-hybridized carbons (Fsp3) is 0.357. The summed E-state index contributed by atoms with van der Waals surface area (Å²) in [6.45, 7) is 3.73. The number of nitrogens with zero attached hydrogens (tertiary/aromatic N) is 2. The van der Waals surface area contributed by atoms with Gasteiger partial charge in [-0.1, -0.05) is 36.4 Å². The highest BCUT2D eigenvalue weighted by Gasteiger charge is 2.34. The monoisotopic (exact) mass is 497 g/mol. The Kier molecular flexibility index (Phi) is 7.94. The number of rotatable bonds is 7.